The van der Waals surface area contributed by atoms with E-state index in [1.807, 2.05) is 0 Å². The predicted octanol–water partition coefficient (Wildman–Crippen LogP) is 2.73. The largest absolute Gasteiger partial charge is 0.427 e. The SMILES string of the molecule is CC(=O)CCC(=O)C(C)SC(=O)OCOC(=O)C(C)(C)C. The summed E-state index contributed by atoms with van der Waals surface area (Å²) in [6.45, 7) is 7.54. The number of hydrogen-bond donors (Lipinski definition) is 0. The third-order valence-electron chi connectivity index (χ3n) is 2.43. The van der Waals surface area contributed by atoms with Crippen molar-refractivity contribution < 1.29 is 28.7 Å². The molecule has 21 heavy (non-hydrogen) atoms. The standard InChI is InChI=1S/C14H22O6S/c1-9(15)6-7-11(16)10(2)21-13(18)20-8-19-12(17)14(3,4)5/h10H,6-8H2,1-5H3. The molecular formula is C14H22O6S. The number of Topliss-reactive ketones (excluding diaryl/α,β-unsaturated/α-hetero) is 2. The van der Waals surface area contributed by atoms with Crippen LogP contribution in [0.4, 0.5) is 4.79 Å². The minimum Gasteiger partial charge on any atom is -0.427 e. The van der Waals surface area contributed by atoms with E-state index in [1.54, 1.807) is 27.7 Å². The molecule has 0 bridgehead atoms. The summed E-state index contributed by atoms with van der Waals surface area (Å²) in [4.78, 5) is 45.3. The Labute approximate surface area is 128 Å². The van der Waals surface area contributed by atoms with E-state index in [0.29, 0.717) is 11.8 Å². The Morgan fingerprint density at radius 3 is 2.10 bits per heavy atom. The molecule has 0 saturated heterocycles. The van der Waals surface area contributed by atoms with Crippen LogP contribution in [0.5, 0.6) is 0 Å². The van der Waals surface area contributed by atoms with Crippen molar-refractivity contribution >= 4 is 34.6 Å². The number of hydrogen-bond acceptors (Lipinski definition) is 7. The fourth-order valence-corrected chi connectivity index (χ4v) is 1.75. The zero-order valence-corrected chi connectivity index (χ0v) is 13.9. The van der Waals surface area contributed by atoms with Crippen molar-refractivity contribution in [3.8, 4) is 0 Å². The predicted molar refractivity (Wildman–Crippen MR) is 78.9 cm³/mol. The van der Waals surface area contributed by atoms with Crippen LogP contribution < -0.4 is 0 Å². The molecule has 0 aliphatic heterocycles. The van der Waals surface area contributed by atoms with E-state index in [9.17, 15) is 19.2 Å². The van der Waals surface area contributed by atoms with Gasteiger partial charge >= 0.3 is 11.3 Å². The first kappa shape index (κ1) is 19.6. The molecule has 0 aromatic carbocycles. The molecule has 0 saturated carbocycles. The maximum absolute atomic E-state index is 11.6. The Morgan fingerprint density at radius 1 is 1.05 bits per heavy atom. The van der Waals surface area contributed by atoms with Gasteiger partial charge in [-0.25, -0.2) is 4.79 Å². The van der Waals surface area contributed by atoms with Gasteiger partial charge < -0.3 is 14.3 Å². The van der Waals surface area contributed by atoms with Gasteiger partial charge in [-0.2, -0.15) is 0 Å². The van der Waals surface area contributed by atoms with E-state index in [1.165, 1.54) is 6.92 Å². The van der Waals surface area contributed by atoms with Gasteiger partial charge in [-0.3, -0.25) is 9.59 Å². The van der Waals surface area contributed by atoms with Crippen LogP contribution in [0, 0.1) is 5.41 Å². The zero-order chi connectivity index (χ0) is 16.6. The molecule has 0 amide bonds. The molecule has 0 aliphatic rings. The van der Waals surface area contributed by atoms with Gasteiger partial charge in [0.15, 0.2) is 0 Å². The van der Waals surface area contributed by atoms with Crippen LogP contribution in [0.15, 0.2) is 0 Å². The molecule has 0 aliphatic carbocycles. The average Bonchev–Trinajstić information content (AvgIpc) is 2.34. The Balaban J connectivity index is 4.01. The fraction of sp³-hybridized carbons (Fsp3) is 0.714. The molecule has 0 spiro atoms. The number of ether oxygens (including phenoxy) is 2. The highest BCUT2D eigenvalue weighted by molar-refractivity contribution is 8.14. The molecule has 0 aromatic rings. The second-order valence-electron chi connectivity index (χ2n) is 5.62. The number of ketones is 2. The van der Waals surface area contributed by atoms with Crippen LogP contribution in [-0.4, -0.2) is 34.9 Å². The van der Waals surface area contributed by atoms with E-state index >= 15 is 0 Å². The van der Waals surface area contributed by atoms with E-state index in [0.717, 1.165) is 0 Å². The number of rotatable bonds is 7. The van der Waals surface area contributed by atoms with Crippen molar-refractivity contribution in [1.82, 2.24) is 0 Å². The normalized spacial score (nSPS) is 12.4. The van der Waals surface area contributed by atoms with Crippen molar-refractivity contribution in [2.75, 3.05) is 6.79 Å². The lowest BCUT2D eigenvalue weighted by Gasteiger charge is -2.16. The third kappa shape index (κ3) is 9.23. The molecule has 0 rings (SSSR count). The van der Waals surface area contributed by atoms with Crippen LogP contribution in [0.2, 0.25) is 0 Å². The summed E-state index contributed by atoms with van der Waals surface area (Å²) in [5.41, 5.74) is -0.671. The average molecular weight is 318 g/mol. The second-order valence-corrected chi connectivity index (χ2v) is 6.90. The lowest BCUT2D eigenvalue weighted by Crippen LogP contribution is -2.24. The van der Waals surface area contributed by atoms with Crippen molar-refractivity contribution in [2.24, 2.45) is 5.41 Å². The highest BCUT2D eigenvalue weighted by atomic mass is 32.2. The maximum Gasteiger partial charge on any atom is 0.370 e. The summed E-state index contributed by atoms with van der Waals surface area (Å²) in [5, 5.41) is -1.30. The fourth-order valence-electron chi connectivity index (χ4n) is 1.09. The van der Waals surface area contributed by atoms with Gasteiger partial charge in [0.1, 0.15) is 11.6 Å². The molecule has 0 fully saturated rings. The molecule has 6 nitrogen and oxygen atoms in total. The first-order chi connectivity index (χ1) is 9.54. The van der Waals surface area contributed by atoms with Gasteiger partial charge in [0.25, 0.3) is 0 Å². The van der Waals surface area contributed by atoms with Gasteiger partial charge in [0, 0.05) is 12.8 Å². The third-order valence-corrected chi connectivity index (χ3v) is 3.36. The smallest absolute Gasteiger partial charge is 0.370 e. The molecule has 1 unspecified atom stereocenters. The van der Waals surface area contributed by atoms with E-state index < -0.39 is 28.7 Å². The summed E-state index contributed by atoms with van der Waals surface area (Å²) in [6, 6.07) is 0. The van der Waals surface area contributed by atoms with E-state index in [-0.39, 0.29) is 24.4 Å². The van der Waals surface area contributed by atoms with Crippen molar-refractivity contribution in [2.45, 2.75) is 52.7 Å². The Morgan fingerprint density at radius 2 is 1.62 bits per heavy atom. The maximum atomic E-state index is 11.6. The molecule has 0 N–H and O–H groups in total. The van der Waals surface area contributed by atoms with Crippen LogP contribution in [0.1, 0.15) is 47.5 Å². The summed E-state index contributed by atoms with van der Waals surface area (Å²) < 4.78 is 9.49. The number of esters is 1. The topological polar surface area (TPSA) is 86.7 Å². The second kappa shape index (κ2) is 8.81. The lowest BCUT2D eigenvalue weighted by atomic mass is 9.98. The quantitative estimate of drug-likeness (QED) is 0.527. The van der Waals surface area contributed by atoms with Crippen LogP contribution in [-0.2, 0) is 23.9 Å². The van der Waals surface area contributed by atoms with Crippen LogP contribution >= 0.6 is 11.8 Å². The molecule has 1 atom stereocenters. The van der Waals surface area contributed by atoms with Gasteiger partial charge in [0.05, 0.1) is 10.7 Å². The highest BCUT2D eigenvalue weighted by Crippen LogP contribution is 2.18. The van der Waals surface area contributed by atoms with Crippen LogP contribution in [0.3, 0.4) is 0 Å². The van der Waals surface area contributed by atoms with Gasteiger partial charge in [-0.1, -0.05) is 0 Å². The highest BCUT2D eigenvalue weighted by Gasteiger charge is 2.24. The molecular weight excluding hydrogens is 296 g/mol. The Bertz CT molecular complexity index is 410. The van der Waals surface area contributed by atoms with Crippen LogP contribution in [0.25, 0.3) is 0 Å². The summed E-state index contributed by atoms with van der Waals surface area (Å²) in [7, 11) is 0. The van der Waals surface area contributed by atoms with Crippen molar-refractivity contribution in [1.29, 1.82) is 0 Å². The minimum atomic E-state index is -0.694. The Hall–Kier alpha value is -1.37. The molecule has 0 heterocycles. The van der Waals surface area contributed by atoms with Crippen molar-refractivity contribution in [3.63, 3.8) is 0 Å². The number of thioether (sulfide) groups is 1. The van der Waals surface area contributed by atoms with Crippen molar-refractivity contribution in [3.05, 3.63) is 0 Å². The molecule has 0 radical (unpaired) electrons. The minimum absolute atomic E-state index is 0.0720. The lowest BCUT2D eigenvalue weighted by molar-refractivity contribution is -0.160. The number of carbonyl (C=O) groups is 4. The summed E-state index contributed by atoms with van der Waals surface area (Å²) in [5.74, 6) is -0.748. The monoisotopic (exact) mass is 318 g/mol. The first-order valence-corrected chi connectivity index (χ1v) is 7.44. The van der Waals surface area contributed by atoms with Gasteiger partial charge in [-0.05, 0) is 46.4 Å². The first-order valence-electron chi connectivity index (χ1n) is 6.57. The summed E-state index contributed by atoms with van der Waals surface area (Å²) in [6.07, 6.45) is 0.276. The van der Waals surface area contributed by atoms with Gasteiger partial charge in [-0.15, -0.1) is 0 Å². The Kier molecular flexibility index (Phi) is 8.24. The zero-order valence-electron chi connectivity index (χ0n) is 13.1. The number of carbonyl (C=O) groups excluding carboxylic acids is 4. The van der Waals surface area contributed by atoms with E-state index in [2.05, 4.69) is 0 Å². The molecule has 7 heteroatoms. The molecule has 120 valence electrons. The molecule has 0 aromatic heterocycles. The summed E-state index contributed by atoms with van der Waals surface area (Å²) >= 11 is 0.705. The van der Waals surface area contributed by atoms with E-state index in [4.69, 9.17) is 9.47 Å². The van der Waals surface area contributed by atoms with Gasteiger partial charge in [0.2, 0.25) is 6.79 Å².